The fraction of sp³-hybridized carbons (Fsp3) is 0.652. The van der Waals surface area contributed by atoms with Gasteiger partial charge in [0.1, 0.15) is 5.75 Å². The van der Waals surface area contributed by atoms with Crippen molar-refractivity contribution in [2.24, 2.45) is 34.2 Å². The number of hydrogen-bond donors (Lipinski definition) is 1. The van der Waals surface area contributed by atoms with Crippen LogP contribution in [-0.4, -0.2) is 18.7 Å². The van der Waals surface area contributed by atoms with Gasteiger partial charge in [-0.25, -0.2) is 5.43 Å². The summed E-state index contributed by atoms with van der Waals surface area (Å²) in [6.07, 6.45) is 10.0. The number of nitrogens with zero attached hydrogens (tertiary/aromatic N) is 1. The Kier molecular flexibility index (Phi) is 5.25. The van der Waals surface area contributed by atoms with Crippen LogP contribution in [0.25, 0.3) is 0 Å². The second kappa shape index (κ2) is 7.65. The Bertz CT molecular complexity index is 658. The fourth-order valence-electron chi connectivity index (χ4n) is 5.74. The van der Waals surface area contributed by atoms with Crippen molar-refractivity contribution in [3.63, 3.8) is 0 Å². The largest absolute Gasteiger partial charge is 0.494 e. The Morgan fingerprint density at radius 1 is 1.15 bits per heavy atom. The van der Waals surface area contributed by atoms with Crippen molar-refractivity contribution in [2.75, 3.05) is 6.61 Å². The maximum Gasteiger partial charge on any atom is 0.246 e. The van der Waals surface area contributed by atoms with Gasteiger partial charge in [-0.1, -0.05) is 13.8 Å². The normalized spacial score (nSPS) is 31.6. The van der Waals surface area contributed by atoms with E-state index in [0.29, 0.717) is 5.92 Å². The number of carbonyl (C=O) groups is 1. The first-order valence-electron chi connectivity index (χ1n) is 10.6. The number of amides is 1. The lowest BCUT2D eigenvalue weighted by Gasteiger charge is -2.55. The standard InChI is InChI=1S/C23H32N2O2/c1-16(2)7-8-27-21-5-3-17(4-6-21)15-24-25-22(26)23-12-18-9-19(13-23)11-20(10-18)14-23/h3-6,15-16,18-20H,7-14H2,1-2H3,(H,25,26). The van der Waals surface area contributed by atoms with Crippen molar-refractivity contribution in [2.45, 2.75) is 58.8 Å². The van der Waals surface area contributed by atoms with Gasteiger partial charge in [-0.05, 0) is 98.4 Å². The van der Waals surface area contributed by atoms with E-state index in [-0.39, 0.29) is 11.3 Å². The highest BCUT2D eigenvalue weighted by molar-refractivity contribution is 5.85. The lowest BCUT2D eigenvalue weighted by Crippen LogP contribution is -2.52. The summed E-state index contributed by atoms with van der Waals surface area (Å²) in [5.41, 5.74) is 3.68. The average Bonchev–Trinajstić information content (AvgIpc) is 2.61. The summed E-state index contributed by atoms with van der Waals surface area (Å²) in [4.78, 5) is 12.9. The maximum absolute atomic E-state index is 12.9. The van der Waals surface area contributed by atoms with Crippen LogP contribution < -0.4 is 10.2 Å². The molecular weight excluding hydrogens is 336 g/mol. The number of nitrogens with one attached hydrogen (secondary N) is 1. The summed E-state index contributed by atoms with van der Waals surface area (Å²) >= 11 is 0. The van der Waals surface area contributed by atoms with Gasteiger partial charge in [0.05, 0.1) is 18.2 Å². The summed E-state index contributed by atoms with van der Waals surface area (Å²) in [7, 11) is 0. The quantitative estimate of drug-likeness (QED) is 0.556. The molecule has 1 N–H and O–H groups in total. The van der Waals surface area contributed by atoms with Crippen LogP contribution in [-0.2, 0) is 4.79 Å². The van der Waals surface area contributed by atoms with Gasteiger partial charge in [0.15, 0.2) is 0 Å². The lowest BCUT2D eigenvalue weighted by molar-refractivity contribution is -0.146. The lowest BCUT2D eigenvalue weighted by atomic mass is 9.49. The molecule has 4 aliphatic carbocycles. The SMILES string of the molecule is CC(C)CCOc1ccc(C=NNC(=O)C23CC4CC(CC(C4)C2)C3)cc1. The molecule has 0 atom stereocenters. The van der Waals surface area contributed by atoms with Crippen LogP contribution in [0.3, 0.4) is 0 Å². The third-order valence-electron chi connectivity index (χ3n) is 6.74. The summed E-state index contributed by atoms with van der Waals surface area (Å²) in [6.45, 7) is 5.13. The van der Waals surface area contributed by atoms with Gasteiger partial charge in [-0.2, -0.15) is 5.10 Å². The Morgan fingerprint density at radius 2 is 1.74 bits per heavy atom. The van der Waals surface area contributed by atoms with Gasteiger partial charge in [0.2, 0.25) is 5.91 Å². The average molecular weight is 369 g/mol. The van der Waals surface area contributed by atoms with Crippen molar-refractivity contribution in [1.82, 2.24) is 5.43 Å². The highest BCUT2D eigenvalue weighted by atomic mass is 16.5. The molecule has 4 heteroatoms. The third kappa shape index (κ3) is 4.20. The van der Waals surface area contributed by atoms with Crippen LogP contribution >= 0.6 is 0 Å². The first-order chi connectivity index (χ1) is 13.0. The molecule has 0 heterocycles. The zero-order chi connectivity index (χ0) is 18.9. The van der Waals surface area contributed by atoms with Gasteiger partial charge >= 0.3 is 0 Å². The van der Waals surface area contributed by atoms with Crippen molar-refractivity contribution in [1.29, 1.82) is 0 Å². The van der Waals surface area contributed by atoms with Crippen molar-refractivity contribution < 1.29 is 9.53 Å². The molecule has 0 unspecified atom stereocenters. The molecule has 4 bridgehead atoms. The van der Waals surface area contributed by atoms with Crippen molar-refractivity contribution in [3.05, 3.63) is 29.8 Å². The van der Waals surface area contributed by atoms with Gasteiger partial charge < -0.3 is 4.74 Å². The molecule has 0 radical (unpaired) electrons. The molecule has 1 aromatic carbocycles. The number of ether oxygens (including phenoxy) is 1. The molecule has 4 aliphatic rings. The maximum atomic E-state index is 12.9. The van der Waals surface area contributed by atoms with Crippen LogP contribution in [0.2, 0.25) is 0 Å². The van der Waals surface area contributed by atoms with Gasteiger partial charge in [-0.15, -0.1) is 0 Å². The van der Waals surface area contributed by atoms with E-state index in [9.17, 15) is 4.79 Å². The predicted molar refractivity (Wildman–Crippen MR) is 108 cm³/mol. The summed E-state index contributed by atoms with van der Waals surface area (Å²) < 4.78 is 5.74. The minimum absolute atomic E-state index is 0.139. The molecule has 0 aromatic heterocycles. The van der Waals surface area contributed by atoms with E-state index in [1.807, 2.05) is 24.3 Å². The van der Waals surface area contributed by atoms with Gasteiger partial charge in [0.25, 0.3) is 0 Å². The van der Waals surface area contributed by atoms with Crippen LogP contribution in [0.1, 0.15) is 64.4 Å². The Labute approximate surface area is 162 Å². The molecule has 1 amide bonds. The molecule has 4 nitrogen and oxygen atoms in total. The second-order valence-corrected chi connectivity index (χ2v) is 9.50. The number of hydrazone groups is 1. The van der Waals surface area contributed by atoms with E-state index in [2.05, 4.69) is 24.4 Å². The Hall–Kier alpha value is -1.84. The minimum atomic E-state index is -0.139. The van der Waals surface area contributed by atoms with Gasteiger partial charge in [-0.3, -0.25) is 4.79 Å². The molecule has 0 spiro atoms. The van der Waals surface area contributed by atoms with E-state index in [1.165, 1.54) is 19.3 Å². The van der Waals surface area contributed by atoms with Crippen LogP contribution in [0.5, 0.6) is 5.75 Å². The molecule has 4 saturated carbocycles. The summed E-state index contributed by atoms with van der Waals surface area (Å²) in [5, 5.41) is 4.25. The topological polar surface area (TPSA) is 50.7 Å². The van der Waals surface area contributed by atoms with E-state index in [0.717, 1.165) is 61.4 Å². The van der Waals surface area contributed by atoms with Crippen LogP contribution in [0, 0.1) is 29.1 Å². The molecular formula is C23H32N2O2. The third-order valence-corrected chi connectivity index (χ3v) is 6.74. The monoisotopic (exact) mass is 368 g/mol. The zero-order valence-electron chi connectivity index (χ0n) is 16.6. The minimum Gasteiger partial charge on any atom is -0.494 e. The Morgan fingerprint density at radius 3 is 2.30 bits per heavy atom. The first-order valence-corrected chi connectivity index (χ1v) is 10.6. The van der Waals surface area contributed by atoms with Crippen molar-refractivity contribution in [3.8, 4) is 5.75 Å². The van der Waals surface area contributed by atoms with E-state index in [1.54, 1.807) is 6.21 Å². The molecule has 4 fully saturated rings. The molecule has 27 heavy (non-hydrogen) atoms. The first kappa shape index (κ1) is 18.5. The Balaban J connectivity index is 1.29. The van der Waals surface area contributed by atoms with E-state index in [4.69, 9.17) is 4.74 Å². The zero-order valence-corrected chi connectivity index (χ0v) is 16.6. The highest BCUT2D eigenvalue weighted by Crippen LogP contribution is 2.60. The van der Waals surface area contributed by atoms with E-state index < -0.39 is 0 Å². The number of hydrogen-bond acceptors (Lipinski definition) is 3. The molecule has 0 saturated heterocycles. The molecule has 5 rings (SSSR count). The summed E-state index contributed by atoms with van der Waals surface area (Å²) in [6, 6.07) is 7.88. The van der Waals surface area contributed by atoms with Crippen LogP contribution in [0.15, 0.2) is 29.4 Å². The molecule has 1 aromatic rings. The van der Waals surface area contributed by atoms with Crippen molar-refractivity contribution >= 4 is 12.1 Å². The smallest absolute Gasteiger partial charge is 0.246 e. The number of carbonyl (C=O) groups excluding carboxylic acids is 1. The molecule has 146 valence electrons. The number of rotatable bonds is 7. The highest BCUT2D eigenvalue weighted by Gasteiger charge is 2.54. The van der Waals surface area contributed by atoms with Gasteiger partial charge in [0, 0.05) is 0 Å². The predicted octanol–water partition coefficient (Wildman–Crippen LogP) is 4.78. The van der Waals surface area contributed by atoms with E-state index >= 15 is 0 Å². The molecule has 0 aliphatic heterocycles. The fourth-order valence-corrected chi connectivity index (χ4v) is 5.74. The number of benzene rings is 1. The summed E-state index contributed by atoms with van der Waals surface area (Å²) in [5.74, 6) is 3.99. The van der Waals surface area contributed by atoms with Crippen LogP contribution in [0.4, 0.5) is 0 Å². The second-order valence-electron chi connectivity index (χ2n) is 9.50.